The zero-order valence-corrected chi connectivity index (χ0v) is 17.2. The van der Waals surface area contributed by atoms with Crippen molar-refractivity contribution >= 4 is 60.5 Å². The average molecular weight is 471 g/mol. The van der Waals surface area contributed by atoms with Gasteiger partial charge in [-0.15, -0.1) is 11.3 Å². The predicted octanol–water partition coefficient (Wildman–Crippen LogP) is 3.77. The molecule has 0 aliphatic rings. The van der Waals surface area contributed by atoms with Gasteiger partial charge in [-0.1, -0.05) is 11.6 Å². The summed E-state index contributed by atoms with van der Waals surface area (Å²) < 4.78 is 42.9. The zero-order valence-electron chi connectivity index (χ0n) is 13.3. The molecule has 0 saturated heterocycles. The quantitative estimate of drug-likeness (QED) is 0.646. The van der Waals surface area contributed by atoms with Crippen LogP contribution in [0, 0.1) is 0 Å². The van der Waals surface area contributed by atoms with Gasteiger partial charge in [0.2, 0.25) is 0 Å². The molecule has 0 saturated carbocycles. The van der Waals surface area contributed by atoms with Gasteiger partial charge in [0.1, 0.15) is 21.3 Å². The van der Waals surface area contributed by atoms with Gasteiger partial charge < -0.3 is 14.2 Å². The van der Waals surface area contributed by atoms with E-state index in [1.54, 1.807) is 0 Å². The third kappa shape index (κ3) is 4.20. The standard InChI is InChI=1S/C14H13BrClNO6S2/c1-21-9-5-8(10(22-2)4-7(9)16)17-25(19,20)12-6-11(14(18)23-3)24-13(12)15/h4-6,17H,1-3H3. The highest BCUT2D eigenvalue weighted by Crippen LogP contribution is 2.38. The van der Waals surface area contributed by atoms with Gasteiger partial charge in [0.25, 0.3) is 10.0 Å². The molecule has 0 fully saturated rings. The molecule has 0 radical (unpaired) electrons. The average Bonchev–Trinajstić information content (AvgIpc) is 2.97. The fourth-order valence-corrected chi connectivity index (χ4v) is 5.65. The second kappa shape index (κ2) is 7.81. The van der Waals surface area contributed by atoms with Gasteiger partial charge in [-0.05, 0) is 22.0 Å². The highest BCUT2D eigenvalue weighted by Gasteiger charge is 2.25. The summed E-state index contributed by atoms with van der Waals surface area (Å²) in [7, 11) is -0.00512. The summed E-state index contributed by atoms with van der Waals surface area (Å²) in [5.74, 6) is -0.133. The Labute approximate surface area is 162 Å². The van der Waals surface area contributed by atoms with E-state index in [1.165, 1.54) is 39.5 Å². The van der Waals surface area contributed by atoms with Crippen LogP contribution in [0.5, 0.6) is 11.5 Å². The molecule has 0 amide bonds. The molecule has 0 spiro atoms. The lowest BCUT2D eigenvalue weighted by atomic mass is 10.3. The first kappa shape index (κ1) is 19.8. The predicted molar refractivity (Wildman–Crippen MR) is 98.7 cm³/mol. The minimum absolute atomic E-state index is 0.103. The first-order valence-electron chi connectivity index (χ1n) is 6.55. The fourth-order valence-electron chi connectivity index (χ4n) is 1.88. The van der Waals surface area contributed by atoms with Crippen molar-refractivity contribution in [2.45, 2.75) is 4.90 Å². The van der Waals surface area contributed by atoms with Gasteiger partial charge in [-0.25, -0.2) is 13.2 Å². The molecule has 11 heteroatoms. The zero-order chi connectivity index (χ0) is 18.8. The Morgan fingerprint density at radius 3 is 2.36 bits per heavy atom. The molecule has 1 aromatic heterocycles. The Balaban J connectivity index is 2.46. The lowest BCUT2D eigenvalue weighted by Crippen LogP contribution is -2.13. The van der Waals surface area contributed by atoms with E-state index in [2.05, 4.69) is 25.4 Å². The summed E-state index contributed by atoms with van der Waals surface area (Å²) in [4.78, 5) is 11.6. The topological polar surface area (TPSA) is 90.9 Å². The number of hydrogen-bond donors (Lipinski definition) is 1. The van der Waals surface area contributed by atoms with Crippen molar-refractivity contribution < 1.29 is 27.4 Å². The van der Waals surface area contributed by atoms with Crippen molar-refractivity contribution in [2.75, 3.05) is 26.1 Å². The van der Waals surface area contributed by atoms with E-state index in [9.17, 15) is 13.2 Å². The van der Waals surface area contributed by atoms with E-state index >= 15 is 0 Å². The molecule has 0 aliphatic heterocycles. The van der Waals surface area contributed by atoms with Crippen LogP contribution in [0.1, 0.15) is 9.67 Å². The normalized spacial score (nSPS) is 11.1. The van der Waals surface area contributed by atoms with Gasteiger partial charge in [0.15, 0.2) is 0 Å². The number of carbonyl (C=O) groups excluding carboxylic acids is 1. The van der Waals surface area contributed by atoms with Gasteiger partial charge in [0, 0.05) is 12.1 Å². The molecule has 1 aromatic carbocycles. The van der Waals surface area contributed by atoms with Gasteiger partial charge in [-0.2, -0.15) is 0 Å². The Kier molecular flexibility index (Phi) is 6.20. The number of rotatable bonds is 6. The van der Waals surface area contributed by atoms with Gasteiger partial charge >= 0.3 is 5.97 Å². The number of halogens is 2. The molecule has 2 aromatic rings. The summed E-state index contributed by atoms with van der Waals surface area (Å²) in [5, 5.41) is 0.270. The minimum atomic E-state index is -4.01. The van der Waals surface area contributed by atoms with E-state index in [0.717, 1.165) is 11.3 Å². The van der Waals surface area contributed by atoms with Crippen LogP contribution in [0.4, 0.5) is 5.69 Å². The minimum Gasteiger partial charge on any atom is -0.495 e. The first-order chi connectivity index (χ1) is 11.7. The fraction of sp³-hybridized carbons (Fsp3) is 0.214. The summed E-state index contributed by atoms with van der Waals surface area (Å²) in [5.41, 5.74) is 0.140. The van der Waals surface area contributed by atoms with Crippen LogP contribution in [0.15, 0.2) is 26.9 Å². The van der Waals surface area contributed by atoms with Crippen molar-refractivity contribution in [2.24, 2.45) is 0 Å². The van der Waals surface area contributed by atoms with Crippen LogP contribution in [0.2, 0.25) is 5.02 Å². The summed E-state index contributed by atoms with van der Waals surface area (Å²) in [6.07, 6.45) is 0. The third-order valence-corrected chi connectivity index (χ3v) is 6.94. The van der Waals surface area contributed by atoms with E-state index in [-0.39, 0.29) is 35.8 Å². The van der Waals surface area contributed by atoms with Crippen LogP contribution < -0.4 is 14.2 Å². The summed E-state index contributed by atoms with van der Waals surface area (Å²) >= 11 is 10.1. The molecule has 136 valence electrons. The first-order valence-corrected chi connectivity index (χ1v) is 10.0. The molecule has 1 heterocycles. The van der Waals surface area contributed by atoms with Crippen LogP contribution in [-0.4, -0.2) is 35.7 Å². The smallest absolute Gasteiger partial charge is 0.348 e. The van der Waals surface area contributed by atoms with E-state index in [0.29, 0.717) is 0 Å². The monoisotopic (exact) mass is 469 g/mol. The Hall–Kier alpha value is -1.49. The van der Waals surface area contributed by atoms with Crippen molar-refractivity contribution in [1.82, 2.24) is 0 Å². The van der Waals surface area contributed by atoms with Crippen LogP contribution >= 0.6 is 38.9 Å². The van der Waals surface area contributed by atoms with Crippen LogP contribution in [0.3, 0.4) is 0 Å². The number of carbonyl (C=O) groups is 1. The number of hydrogen-bond acceptors (Lipinski definition) is 7. The number of methoxy groups -OCH3 is 3. The number of ether oxygens (including phenoxy) is 3. The molecular formula is C14H13BrClNO6S2. The van der Waals surface area contributed by atoms with E-state index < -0.39 is 16.0 Å². The molecular weight excluding hydrogens is 458 g/mol. The maximum absolute atomic E-state index is 12.7. The second-order valence-corrected chi connectivity index (χ2v) is 8.96. The molecule has 0 unspecified atom stereocenters. The van der Waals surface area contributed by atoms with Crippen molar-refractivity contribution in [3.8, 4) is 11.5 Å². The van der Waals surface area contributed by atoms with Crippen LogP contribution in [0.25, 0.3) is 0 Å². The molecule has 0 aliphatic carbocycles. The molecule has 25 heavy (non-hydrogen) atoms. The molecule has 0 atom stereocenters. The lowest BCUT2D eigenvalue weighted by Gasteiger charge is -2.14. The molecule has 1 N–H and O–H groups in total. The number of nitrogens with one attached hydrogen (secondary N) is 1. The lowest BCUT2D eigenvalue weighted by molar-refractivity contribution is 0.0606. The number of esters is 1. The number of sulfonamides is 1. The summed E-state index contributed by atoms with van der Waals surface area (Å²) in [6.45, 7) is 0. The van der Waals surface area contributed by atoms with Gasteiger partial charge in [-0.3, -0.25) is 4.72 Å². The molecule has 0 bridgehead atoms. The Morgan fingerprint density at radius 2 is 1.80 bits per heavy atom. The van der Waals surface area contributed by atoms with E-state index in [4.69, 9.17) is 21.1 Å². The van der Waals surface area contributed by atoms with Crippen molar-refractivity contribution in [3.63, 3.8) is 0 Å². The van der Waals surface area contributed by atoms with Crippen molar-refractivity contribution in [1.29, 1.82) is 0 Å². The largest absolute Gasteiger partial charge is 0.495 e. The third-order valence-electron chi connectivity index (χ3n) is 3.05. The number of thiophene rings is 1. The highest BCUT2D eigenvalue weighted by atomic mass is 79.9. The molecule has 7 nitrogen and oxygen atoms in total. The SMILES string of the molecule is COC(=O)c1cc(S(=O)(=O)Nc2cc(OC)c(Cl)cc2OC)c(Br)s1. The second-order valence-electron chi connectivity index (χ2n) is 4.53. The number of benzene rings is 1. The van der Waals surface area contributed by atoms with Crippen molar-refractivity contribution in [3.05, 3.63) is 31.9 Å². The maximum Gasteiger partial charge on any atom is 0.348 e. The Morgan fingerprint density at radius 1 is 1.16 bits per heavy atom. The molecule has 2 rings (SSSR count). The Bertz CT molecular complexity index is 912. The highest BCUT2D eigenvalue weighted by molar-refractivity contribution is 9.11. The van der Waals surface area contributed by atoms with Crippen LogP contribution in [-0.2, 0) is 14.8 Å². The number of anilines is 1. The summed E-state index contributed by atoms with van der Waals surface area (Å²) in [6, 6.07) is 4.06. The maximum atomic E-state index is 12.7. The van der Waals surface area contributed by atoms with Gasteiger partial charge in [0.05, 0.1) is 35.8 Å². The van der Waals surface area contributed by atoms with E-state index in [1.807, 2.05) is 0 Å².